The van der Waals surface area contributed by atoms with Crippen LogP contribution in [-0.2, 0) is 4.74 Å². The molecule has 1 N–H and O–H groups in total. The molecule has 0 bridgehead atoms. The average Bonchev–Trinajstić information content (AvgIpc) is 2.53. The molecule has 2 atom stereocenters. The van der Waals surface area contributed by atoms with Gasteiger partial charge in [0.25, 0.3) is 0 Å². The zero-order chi connectivity index (χ0) is 11.4. The maximum atomic E-state index is 10.2. The number of aryl methyl sites for hydroxylation is 2. The zero-order valence-electron chi connectivity index (χ0n) is 9.91. The van der Waals surface area contributed by atoms with Gasteiger partial charge >= 0.3 is 0 Å². The molecule has 0 aromatic carbocycles. The van der Waals surface area contributed by atoms with E-state index in [1.165, 1.54) is 9.75 Å². The molecule has 0 aliphatic heterocycles. The summed E-state index contributed by atoms with van der Waals surface area (Å²) in [6.07, 6.45) is 0.538. The van der Waals surface area contributed by atoms with Gasteiger partial charge in [0.05, 0.1) is 6.10 Å². The van der Waals surface area contributed by atoms with Crippen LogP contribution in [0.4, 0.5) is 0 Å². The van der Waals surface area contributed by atoms with Gasteiger partial charge in [0.2, 0.25) is 0 Å². The molecule has 0 aliphatic rings. The van der Waals surface area contributed by atoms with E-state index in [4.69, 9.17) is 4.74 Å². The first-order chi connectivity index (χ1) is 7.06. The molecule has 1 rings (SSSR count). The predicted octanol–water partition coefficient (Wildman–Crippen LogP) is 3.07. The number of thiophene rings is 1. The van der Waals surface area contributed by atoms with Crippen molar-refractivity contribution >= 4 is 11.3 Å². The summed E-state index contributed by atoms with van der Waals surface area (Å²) in [4.78, 5) is 2.49. The number of rotatable bonds is 5. The van der Waals surface area contributed by atoms with E-state index < -0.39 is 0 Å². The molecule has 0 spiro atoms. The summed E-state index contributed by atoms with van der Waals surface area (Å²) in [5, 5.41) is 10.2. The van der Waals surface area contributed by atoms with Crippen LogP contribution in [0.2, 0.25) is 0 Å². The zero-order valence-corrected chi connectivity index (χ0v) is 10.7. The van der Waals surface area contributed by atoms with Crippen molar-refractivity contribution < 1.29 is 9.84 Å². The lowest BCUT2D eigenvalue weighted by molar-refractivity contribution is 0.0885. The second kappa shape index (κ2) is 5.64. The predicted molar refractivity (Wildman–Crippen MR) is 64.4 cm³/mol. The van der Waals surface area contributed by atoms with E-state index in [0.717, 1.165) is 12.0 Å². The summed E-state index contributed by atoms with van der Waals surface area (Å²) in [7, 11) is 1.69. The maximum Gasteiger partial charge on any atom is 0.0827 e. The van der Waals surface area contributed by atoms with E-state index in [2.05, 4.69) is 26.8 Å². The van der Waals surface area contributed by atoms with Crippen LogP contribution in [0.25, 0.3) is 0 Å². The van der Waals surface area contributed by atoms with Gasteiger partial charge < -0.3 is 9.84 Å². The number of hydrogen-bond acceptors (Lipinski definition) is 3. The Hall–Kier alpha value is -0.380. The highest BCUT2D eigenvalue weighted by molar-refractivity contribution is 7.12. The van der Waals surface area contributed by atoms with Crippen molar-refractivity contribution in [3.05, 3.63) is 21.4 Å². The molecule has 0 amide bonds. The summed E-state index contributed by atoms with van der Waals surface area (Å²) in [6.45, 7) is 6.92. The smallest absolute Gasteiger partial charge is 0.0827 e. The van der Waals surface area contributed by atoms with Crippen molar-refractivity contribution in [2.45, 2.75) is 33.3 Å². The van der Waals surface area contributed by atoms with E-state index in [9.17, 15) is 5.11 Å². The molecule has 0 fully saturated rings. The standard InChI is InChI=1S/C12H20O2S/c1-8(5-6-14-4)12(13)11-7-9(2)15-10(11)3/h7-8,12-13H,5-6H2,1-4H3. The number of aliphatic hydroxyl groups is 1. The van der Waals surface area contributed by atoms with Crippen molar-refractivity contribution in [2.75, 3.05) is 13.7 Å². The minimum atomic E-state index is -0.356. The molecule has 2 unspecified atom stereocenters. The van der Waals surface area contributed by atoms with Crippen molar-refractivity contribution in [1.82, 2.24) is 0 Å². The number of methoxy groups -OCH3 is 1. The molecule has 1 aromatic rings. The second-order valence-electron chi connectivity index (χ2n) is 4.07. The van der Waals surface area contributed by atoms with Crippen molar-refractivity contribution in [3.63, 3.8) is 0 Å². The van der Waals surface area contributed by atoms with Crippen molar-refractivity contribution in [2.24, 2.45) is 5.92 Å². The molecular weight excluding hydrogens is 208 g/mol. The molecule has 1 heterocycles. The van der Waals surface area contributed by atoms with Crippen LogP contribution in [0.5, 0.6) is 0 Å². The van der Waals surface area contributed by atoms with Crippen LogP contribution < -0.4 is 0 Å². The van der Waals surface area contributed by atoms with Crippen LogP contribution in [-0.4, -0.2) is 18.8 Å². The molecule has 2 nitrogen and oxygen atoms in total. The normalized spacial score (nSPS) is 15.3. The molecular formula is C12H20O2S. The fourth-order valence-corrected chi connectivity index (χ4v) is 2.68. The fourth-order valence-electron chi connectivity index (χ4n) is 1.71. The molecule has 0 radical (unpaired) electrons. The highest BCUT2D eigenvalue weighted by Gasteiger charge is 2.19. The van der Waals surface area contributed by atoms with Gasteiger partial charge in [0, 0.05) is 23.5 Å². The topological polar surface area (TPSA) is 29.5 Å². The van der Waals surface area contributed by atoms with Crippen LogP contribution in [0.3, 0.4) is 0 Å². The van der Waals surface area contributed by atoms with Gasteiger partial charge in [-0.25, -0.2) is 0 Å². The van der Waals surface area contributed by atoms with Gasteiger partial charge in [-0.15, -0.1) is 11.3 Å². The van der Waals surface area contributed by atoms with Crippen molar-refractivity contribution in [1.29, 1.82) is 0 Å². The van der Waals surface area contributed by atoms with E-state index >= 15 is 0 Å². The van der Waals surface area contributed by atoms with Crippen LogP contribution in [0.1, 0.15) is 34.8 Å². The molecule has 0 aliphatic carbocycles. The lowest BCUT2D eigenvalue weighted by Crippen LogP contribution is -2.11. The molecule has 1 aromatic heterocycles. The van der Waals surface area contributed by atoms with Gasteiger partial charge in [-0.05, 0) is 37.8 Å². The average molecular weight is 228 g/mol. The minimum absolute atomic E-state index is 0.248. The molecule has 86 valence electrons. The van der Waals surface area contributed by atoms with Crippen molar-refractivity contribution in [3.8, 4) is 0 Å². The maximum absolute atomic E-state index is 10.2. The Labute approximate surface area is 95.9 Å². The third-order valence-electron chi connectivity index (χ3n) is 2.71. The lowest BCUT2D eigenvalue weighted by atomic mass is 9.95. The summed E-state index contributed by atoms with van der Waals surface area (Å²) in [6, 6.07) is 2.09. The van der Waals surface area contributed by atoms with Gasteiger partial charge in [0.1, 0.15) is 0 Å². The first kappa shape index (κ1) is 12.7. The van der Waals surface area contributed by atoms with Gasteiger partial charge in [-0.2, -0.15) is 0 Å². The summed E-state index contributed by atoms with van der Waals surface area (Å²) < 4.78 is 5.03. The largest absolute Gasteiger partial charge is 0.388 e. The first-order valence-corrected chi connectivity index (χ1v) is 6.11. The molecule has 15 heavy (non-hydrogen) atoms. The van der Waals surface area contributed by atoms with Gasteiger partial charge in [-0.3, -0.25) is 0 Å². The Kier molecular flexibility index (Phi) is 4.77. The van der Waals surface area contributed by atoms with E-state index in [1.54, 1.807) is 18.4 Å². The van der Waals surface area contributed by atoms with Crippen LogP contribution >= 0.6 is 11.3 Å². The Bertz CT molecular complexity index is 307. The molecule has 0 saturated carbocycles. The van der Waals surface area contributed by atoms with Gasteiger partial charge in [-0.1, -0.05) is 6.92 Å². The SMILES string of the molecule is COCCC(C)C(O)c1cc(C)sc1C. The number of ether oxygens (including phenoxy) is 1. The third-order valence-corrected chi connectivity index (χ3v) is 3.70. The van der Waals surface area contributed by atoms with Gasteiger partial charge in [0.15, 0.2) is 0 Å². The monoisotopic (exact) mass is 228 g/mol. The van der Waals surface area contributed by atoms with Crippen LogP contribution in [0, 0.1) is 19.8 Å². The quantitative estimate of drug-likeness (QED) is 0.839. The molecule has 0 saturated heterocycles. The van der Waals surface area contributed by atoms with E-state index in [0.29, 0.717) is 6.61 Å². The Morgan fingerprint density at radius 2 is 2.13 bits per heavy atom. The minimum Gasteiger partial charge on any atom is -0.388 e. The fraction of sp³-hybridized carbons (Fsp3) is 0.667. The van der Waals surface area contributed by atoms with E-state index in [1.807, 2.05) is 0 Å². The Morgan fingerprint density at radius 1 is 1.47 bits per heavy atom. The second-order valence-corrected chi connectivity index (χ2v) is 5.53. The summed E-state index contributed by atoms with van der Waals surface area (Å²) in [5.41, 5.74) is 1.08. The highest BCUT2D eigenvalue weighted by Crippen LogP contribution is 2.31. The third kappa shape index (κ3) is 3.30. The molecule has 3 heteroatoms. The number of aliphatic hydroxyl groups excluding tert-OH is 1. The van der Waals surface area contributed by atoms with E-state index in [-0.39, 0.29) is 12.0 Å². The summed E-state index contributed by atoms with van der Waals surface area (Å²) in [5.74, 6) is 0.248. The highest BCUT2D eigenvalue weighted by atomic mass is 32.1. The Morgan fingerprint density at radius 3 is 2.60 bits per heavy atom. The Balaban J connectivity index is 2.66. The first-order valence-electron chi connectivity index (χ1n) is 5.30. The summed E-state index contributed by atoms with van der Waals surface area (Å²) >= 11 is 1.75. The number of hydrogen-bond donors (Lipinski definition) is 1. The lowest BCUT2D eigenvalue weighted by Gasteiger charge is -2.18. The van der Waals surface area contributed by atoms with Crippen LogP contribution in [0.15, 0.2) is 6.07 Å².